The second-order valence-electron chi connectivity index (χ2n) is 6.74. The van der Waals surface area contributed by atoms with Crippen LogP contribution in [0.2, 0.25) is 0 Å². The van der Waals surface area contributed by atoms with Crippen molar-refractivity contribution in [2.45, 2.75) is 83.8 Å². The first kappa shape index (κ1) is 14.3. The van der Waals surface area contributed by atoms with Gasteiger partial charge in [0.15, 0.2) is 0 Å². The van der Waals surface area contributed by atoms with E-state index in [1.165, 1.54) is 51.5 Å². The molecule has 2 bridgehead atoms. The van der Waals surface area contributed by atoms with Crippen molar-refractivity contribution in [1.82, 2.24) is 10.2 Å². The van der Waals surface area contributed by atoms with Crippen molar-refractivity contribution >= 4 is 0 Å². The quantitative estimate of drug-likeness (QED) is 0.779. The maximum Gasteiger partial charge on any atom is 0.0113 e. The Kier molecular flexibility index (Phi) is 5.50. The van der Waals surface area contributed by atoms with E-state index in [4.69, 9.17) is 0 Å². The molecule has 2 saturated heterocycles. The summed E-state index contributed by atoms with van der Waals surface area (Å²) in [5.74, 6) is 0.865. The first-order valence-electron chi connectivity index (χ1n) is 8.19. The van der Waals surface area contributed by atoms with Crippen LogP contribution in [0.15, 0.2) is 0 Å². The van der Waals surface area contributed by atoms with Gasteiger partial charge in [0.05, 0.1) is 0 Å². The lowest BCUT2D eigenvalue weighted by Crippen LogP contribution is -2.56. The normalized spacial score (nSPS) is 33.0. The molecule has 106 valence electrons. The minimum Gasteiger partial charge on any atom is -0.314 e. The minimum absolute atomic E-state index is 0.798. The third kappa shape index (κ3) is 3.71. The third-order valence-electron chi connectivity index (χ3n) is 4.82. The topological polar surface area (TPSA) is 15.3 Å². The van der Waals surface area contributed by atoms with Crippen LogP contribution in [0.5, 0.6) is 0 Å². The van der Waals surface area contributed by atoms with E-state index >= 15 is 0 Å². The molecule has 0 spiro atoms. The lowest BCUT2D eigenvalue weighted by molar-refractivity contribution is 0.0231. The smallest absolute Gasteiger partial charge is 0.0113 e. The van der Waals surface area contributed by atoms with Crippen molar-refractivity contribution in [3.63, 3.8) is 0 Å². The summed E-state index contributed by atoms with van der Waals surface area (Å²) in [7, 11) is 0. The van der Waals surface area contributed by atoms with E-state index in [0.29, 0.717) is 0 Å². The van der Waals surface area contributed by atoms with Gasteiger partial charge in [0, 0.05) is 18.1 Å². The molecular formula is C16H32N2. The first-order valence-corrected chi connectivity index (χ1v) is 8.19. The molecule has 2 atom stereocenters. The Balaban J connectivity index is 1.83. The lowest BCUT2D eigenvalue weighted by Gasteiger charge is -2.49. The van der Waals surface area contributed by atoms with Crippen LogP contribution in [-0.4, -0.2) is 36.1 Å². The molecule has 2 rings (SSSR count). The van der Waals surface area contributed by atoms with E-state index in [9.17, 15) is 0 Å². The van der Waals surface area contributed by atoms with Gasteiger partial charge in [0.2, 0.25) is 0 Å². The van der Waals surface area contributed by atoms with Gasteiger partial charge in [-0.15, -0.1) is 0 Å². The van der Waals surface area contributed by atoms with E-state index < -0.39 is 0 Å². The summed E-state index contributed by atoms with van der Waals surface area (Å²) in [6, 6.07) is 2.56. The lowest BCUT2D eigenvalue weighted by atomic mass is 9.81. The van der Waals surface area contributed by atoms with E-state index in [1.54, 1.807) is 0 Å². The molecule has 2 heteroatoms. The van der Waals surface area contributed by atoms with Gasteiger partial charge in [-0.1, -0.05) is 27.2 Å². The molecule has 18 heavy (non-hydrogen) atoms. The average Bonchev–Trinajstić information content (AvgIpc) is 2.29. The maximum atomic E-state index is 3.68. The molecule has 0 radical (unpaired) electrons. The highest BCUT2D eigenvalue weighted by atomic mass is 15.2. The molecule has 1 N–H and O–H groups in total. The maximum absolute atomic E-state index is 3.68. The van der Waals surface area contributed by atoms with Crippen LogP contribution in [0, 0.1) is 5.92 Å². The van der Waals surface area contributed by atoms with Crippen molar-refractivity contribution in [3.05, 3.63) is 0 Å². The van der Waals surface area contributed by atoms with Crippen molar-refractivity contribution in [3.8, 4) is 0 Å². The number of hydrogen-bond acceptors (Lipinski definition) is 2. The van der Waals surface area contributed by atoms with Gasteiger partial charge >= 0.3 is 0 Å². The largest absolute Gasteiger partial charge is 0.314 e. The molecule has 0 amide bonds. The van der Waals surface area contributed by atoms with Gasteiger partial charge in [-0.2, -0.15) is 0 Å². The molecule has 0 saturated carbocycles. The van der Waals surface area contributed by atoms with Gasteiger partial charge in [-0.05, 0) is 57.5 Å². The molecule has 0 aliphatic carbocycles. The highest BCUT2D eigenvalue weighted by Gasteiger charge is 2.37. The van der Waals surface area contributed by atoms with Gasteiger partial charge in [-0.3, -0.25) is 4.90 Å². The van der Waals surface area contributed by atoms with Crippen molar-refractivity contribution in [2.24, 2.45) is 5.92 Å². The van der Waals surface area contributed by atoms with Crippen LogP contribution >= 0.6 is 0 Å². The van der Waals surface area contributed by atoms with E-state index in [1.807, 2.05) is 0 Å². The molecule has 2 fully saturated rings. The van der Waals surface area contributed by atoms with Gasteiger partial charge in [0.25, 0.3) is 0 Å². The SMILES string of the molecule is CCNC1CC2CCCC(C1)N2CCCC(C)C. The fraction of sp³-hybridized carbons (Fsp3) is 1.00. The molecule has 0 aromatic rings. The monoisotopic (exact) mass is 252 g/mol. The summed E-state index contributed by atoms with van der Waals surface area (Å²) >= 11 is 0. The Morgan fingerprint density at radius 2 is 1.83 bits per heavy atom. The number of piperidine rings is 2. The first-order chi connectivity index (χ1) is 8.70. The Hall–Kier alpha value is -0.0800. The van der Waals surface area contributed by atoms with Gasteiger partial charge < -0.3 is 5.32 Å². The Morgan fingerprint density at radius 1 is 1.17 bits per heavy atom. The summed E-state index contributed by atoms with van der Waals surface area (Å²) in [5.41, 5.74) is 0. The van der Waals surface area contributed by atoms with Crippen molar-refractivity contribution in [2.75, 3.05) is 13.1 Å². The van der Waals surface area contributed by atoms with E-state index in [2.05, 4.69) is 31.0 Å². The number of nitrogens with one attached hydrogen (secondary N) is 1. The summed E-state index contributed by atoms with van der Waals surface area (Å²) in [6.07, 6.45) is 9.94. The van der Waals surface area contributed by atoms with Crippen LogP contribution in [0.3, 0.4) is 0 Å². The number of rotatable bonds is 6. The Bertz CT molecular complexity index is 225. The zero-order valence-electron chi connectivity index (χ0n) is 12.6. The molecule has 2 aliphatic rings. The molecule has 2 nitrogen and oxygen atoms in total. The van der Waals surface area contributed by atoms with Gasteiger partial charge in [0.1, 0.15) is 0 Å². The fourth-order valence-electron chi connectivity index (χ4n) is 3.98. The molecule has 2 aliphatic heterocycles. The molecule has 0 aromatic carbocycles. The second-order valence-corrected chi connectivity index (χ2v) is 6.74. The fourth-order valence-corrected chi connectivity index (χ4v) is 3.98. The molecule has 2 heterocycles. The van der Waals surface area contributed by atoms with Crippen LogP contribution in [0.1, 0.15) is 65.7 Å². The van der Waals surface area contributed by atoms with Crippen molar-refractivity contribution < 1.29 is 0 Å². The van der Waals surface area contributed by atoms with E-state index in [-0.39, 0.29) is 0 Å². The number of nitrogens with zero attached hydrogens (tertiary/aromatic N) is 1. The predicted molar refractivity (Wildman–Crippen MR) is 78.9 cm³/mol. The van der Waals surface area contributed by atoms with Crippen molar-refractivity contribution in [1.29, 1.82) is 0 Å². The van der Waals surface area contributed by atoms with Crippen LogP contribution in [-0.2, 0) is 0 Å². The number of hydrogen-bond donors (Lipinski definition) is 1. The summed E-state index contributed by atoms with van der Waals surface area (Å²) < 4.78 is 0. The minimum atomic E-state index is 0.798. The third-order valence-corrected chi connectivity index (χ3v) is 4.82. The zero-order chi connectivity index (χ0) is 13.0. The standard InChI is InChI=1S/C16H32N2/c1-4-17-14-11-15-8-5-9-16(12-14)18(15)10-6-7-13(2)3/h13-17H,4-12H2,1-3H3. The van der Waals surface area contributed by atoms with Crippen LogP contribution in [0.25, 0.3) is 0 Å². The number of fused-ring (bicyclic) bond motifs is 2. The van der Waals surface area contributed by atoms with Crippen LogP contribution < -0.4 is 5.32 Å². The summed E-state index contributed by atoms with van der Waals surface area (Å²) in [5, 5.41) is 3.68. The average molecular weight is 252 g/mol. The van der Waals surface area contributed by atoms with Crippen LogP contribution in [0.4, 0.5) is 0 Å². The van der Waals surface area contributed by atoms with E-state index in [0.717, 1.165) is 30.6 Å². The predicted octanol–water partition coefficient (Wildman–Crippen LogP) is 3.42. The zero-order valence-corrected chi connectivity index (χ0v) is 12.6. The summed E-state index contributed by atoms with van der Waals surface area (Å²) in [6.45, 7) is 9.42. The molecule has 0 aromatic heterocycles. The highest BCUT2D eigenvalue weighted by Crippen LogP contribution is 2.34. The summed E-state index contributed by atoms with van der Waals surface area (Å²) in [4.78, 5) is 2.86. The highest BCUT2D eigenvalue weighted by molar-refractivity contribution is 4.94. The molecular weight excluding hydrogens is 220 g/mol. The Labute approximate surface area is 114 Å². The second kappa shape index (κ2) is 6.91. The van der Waals surface area contributed by atoms with Gasteiger partial charge in [-0.25, -0.2) is 0 Å². The molecule has 2 unspecified atom stereocenters. The Morgan fingerprint density at radius 3 is 2.39 bits per heavy atom.